The SMILES string of the molecule is CCC(C)(N)c1nc2ccc(F)cc2n1C1CC1. The zero-order chi connectivity index (χ0) is 12.9. The topological polar surface area (TPSA) is 43.8 Å². The monoisotopic (exact) mass is 247 g/mol. The molecule has 1 atom stereocenters. The van der Waals surface area contributed by atoms with E-state index in [0.717, 1.165) is 36.1 Å². The van der Waals surface area contributed by atoms with Crippen LogP contribution in [0.5, 0.6) is 0 Å². The molecule has 0 spiro atoms. The Hall–Kier alpha value is -1.42. The van der Waals surface area contributed by atoms with Gasteiger partial charge in [0, 0.05) is 6.04 Å². The number of nitrogens with two attached hydrogens (primary N) is 1. The molecule has 1 unspecified atom stereocenters. The van der Waals surface area contributed by atoms with Crippen molar-refractivity contribution in [2.45, 2.75) is 44.7 Å². The van der Waals surface area contributed by atoms with Gasteiger partial charge in [0.25, 0.3) is 0 Å². The van der Waals surface area contributed by atoms with Crippen molar-refractivity contribution >= 4 is 11.0 Å². The summed E-state index contributed by atoms with van der Waals surface area (Å²) in [7, 11) is 0. The molecule has 1 aromatic heterocycles. The second-order valence-electron chi connectivity index (χ2n) is 5.44. The van der Waals surface area contributed by atoms with E-state index in [1.165, 1.54) is 6.07 Å². The highest BCUT2D eigenvalue weighted by molar-refractivity contribution is 5.76. The number of halogens is 1. The zero-order valence-corrected chi connectivity index (χ0v) is 10.8. The van der Waals surface area contributed by atoms with Crippen LogP contribution in [0.25, 0.3) is 11.0 Å². The molecule has 1 saturated carbocycles. The third-order valence-electron chi connectivity index (χ3n) is 3.81. The van der Waals surface area contributed by atoms with E-state index in [2.05, 4.69) is 16.5 Å². The van der Waals surface area contributed by atoms with E-state index < -0.39 is 5.54 Å². The van der Waals surface area contributed by atoms with Gasteiger partial charge in [0.1, 0.15) is 11.6 Å². The fraction of sp³-hybridized carbons (Fsp3) is 0.500. The Kier molecular flexibility index (Phi) is 2.45. The third kappa shape index (κ3) is 1.72. The number of nitrogens with zero attached hydrogens (tertiary/aromatic N) is 2. The van der Waals surface area contributed by atoms with Crippen LogP contribution in [0.3, 0.4) is 0 Å². The molecule has 0 saturated heterocycles. The average Bonchev–Trinajstić information content (AvgIpc) is 3.10. The van der Waals surface area contributed by atoms with Crippen LogP contribution in [0.2, 0.25) is 0 Å². The lowest BCUT2D eigenvalue weighted by Gasteiger charge is -2.23. The maximum atomic E-state index is 13.4. The minimum atomic E-state index is -0.460. The second kappa shape index (κ2) is 3.79. The van der Waals surface area contributed by atoms with E-state index in [0.29, 0.717) is 6.04 Å². The van der Waals surface area contributed by atoms with Gasteiger partial charge >= 0.3 is 0 Å². The summed E-state index contributed by atoms with van der Waals surface area (Å²) < 4.78 is 15.6. The summed E-state index contributed by atoms with van der Waals surface area (Å²) in [4.78, 5) is 4.63. The molecule has 18 heavy (non-hydrogen) atoms. The molecule has 1 aliphatic carbocycles. The van der Waals surface area contributed by atoms with Crippen molar-refractivity contribution < 1.29 is 4.39 Å². The minimum absolute atomic E-state index is 0.217. The molecule has 4 heteroatoms. The van der Waals surface area contributed by atoms with Gasteiger partial charge in [-0.3, -0.25) is 0 Å². The Balaban J connectivity index is 2.28. The minimum Gasteiger partial charge on any atom is -0.323 e. The van der Waals surface area contributed by atoms with Crippen LogP contribution in [-0.2, 0) is 5.54 Å². The first-order valence-electron chi connectivity index (χ1n) is 6.50. The van der Waals surface area contributed by atoms with Gasteiger partial charge in [-0.2, -0.15) is 0 Å². The standard InChI is InChI=1S/C14H18FN3/c1-3-14(2,16)13-17-11-7-4-9(15)8-12(11)18(13)10-5-6-10/h4,7-8,10H,3,5-6,16H2,1-2H3. The number of aromatic nitrogens is 2. The molecule has 1 aliphatic rings. The van der Waals surface area contributed by atoms with Crippen molar-refractivity contribution in [3.8, 4) is 0 Å². The van der Waals surface area contributed by atoms with E-state index >= 15 is 0 Å². The lowest BCUT2D eigenvalue weighted by Crippen LogP contribution is -2.35. The highest BCUT2D eigenvalue weighted by atomic mass is 19.1. The van der Waals surface area contributed by atoms with Crippen LogP contribution in [0, 0.1) is 5.82 Å². The summed E-state index contributed by atoms with van der Waals surface area (Å²) in [6.45, 7) is 4.04. The smallest absolute Gasteiger partial charge is 0.130 e. The van der Waals surface area contributed by atoms with Gasteiger partial charge in [0.2, 0.25) is 0 Å². The molecule has 0 aliphatic heterocycles. The summed E-state index contributed by atoms with van der Waals surface area (Å²) in [6, 6.07) is 5.20. The van der Waals surface area contributed by atoms with Gasteiger partial charge in [0.15, 0.2) is 0 Å². The molecule has 96 valence electrons. The molecule has 1 aromatic carbocycles. The number of fused-ring (bicyclic) bond motifs is 1. The zero-order valence-electron chi connectivity index (χ0n) is 10.8. The molecule has 0 amide bonds. The summed E-state index contributed by atoms with van der Waals surface area (Å²) in [6.07, 6.45) is 3.08. The van der Waals surface area contributed by atoms with E-state index in [9.17, 15) is 4.39 Å². The quantitative estimate of drug-likeness (QED) is 0.905. The molecule has 0 bridgehead atoms. The Morgan fingerprint density at radius 1 is 1.50 bits per heavy atom. The lowest BCUT2D eigenvalue weighted by atomic mass is 9.99. The van der Waals surface area contributed by atoms with Crippen molar-refractivity contribution in [2.75, 3.05) is 0 Å². The van der Waals surface area contributed by atoms with Gasteiger partial charge < -0.3 is 10.3 Å². The Morgan fingerprint density at radius 2 is 2.22 bits per heavy atom. The Morgan fingerprint density at radius 3 is 2.83 bits per heavy atom. The van der Waals surface area contributed by atoms with E-state index in [1.54, 1.807) is 12.1 Å². The fourth-order valence-electron chi connectivity index (χ4n) is 2.33. The van der Waals surface area contributed by atoms with Crippen LogP contribution in [0.15, 0.2) is 18.2 Å². The van der Waals surface area contributed by atoms with Crippen molar-refractivity contribution in [2.24, 2.45) is 5.73 Å². The van der Waals surface area contributed by atoms with Crippen molar-refractivity contribution in [1.82, 2.24) is 9.55 Å². The van der Waals surface area contributed by atoms with E-state index in [4.69, 9.17) is 5.73 Å². The van der Waals surface area contributed by atoms with Crippen LogP contribution < -0.4 is 5.73 Å². The maximum Gasteiger partial charge on any atom is 0.130 e. The van der Waals surface area contributed by atoms with Gasteiger partial charge in [0.05, 0.1) is 16.6 Å². The van der Waals surface area contributed by atoms with Gasteiger partial charge in [-0.25, -0.2) is 9.37 Å². The lowest BCUT2D eigenvalue weighted by molar-refractivity contribution is 0.424. The molecule has 1 heterocycles. The summed E-state index contributed by atoms with van der Waals surface area (Å²) in [5.74, 6) is 0.666. The summed E-state index contributed by atoms with van der Waals surface area (Å²) >= 11 is 0. The highest BCUT2D eigenvalue weighted by Gasteiger charge is 2.34. The van der Waals surface area contributed by atoms with E-state index in [1.807, 2.05) is 6.92 Å². The largest absolute Gasteiger partial charge is 0.323 e. The molecule has 1 fully saturated rings. The first-order valence-corrected chi connectivity index (χ1v) is 6.50. The predicted molar refractivity (Wildman–Crippen MR) is 69.8 cm³/mol. The van der Waals surface area contributed by atoms with Gasteiger partial charge in [-0.05, 0) is 44.4 Å². The summed E-state index contributed by atoms with van der Waals surface area (Å²) in [5, 5.41) is 0. The third-order valence-corrected chi connectivity index (χ3v) is 3.81. The number of benzene rings is 1. The summed E-state index contributed by atoms with van der Waals surface area (Å²) in [5.41, 5.74) is 7.58. The van der Waals surface area contributed by atoms with Crippen molar-refractivity contribution in [3.05, 3.63) is 29.8 Å². The van der Waals surface area contributed by atoms with Crippen molar-refractivity contribution in [1.29, 1.82) is 0 Å². The fourth-order valence-corrected chi connectivity index (χ4v) is 2.33. The van der Waals surface area contributed by atoms with E-state index in [-0.39, 0.29) is 5.82 Å². The maximum absolute atomic E-state index is 13.4. The number of hydrogen-bond acceptors (Lipinski definition) is 2. The highest BCUT2D eigenvalue weighted by Crippen LogP contribution is 2.41. The average molecular weight is 247 g/mol. The molecule has 0 radical (unpaired) electrons. The first kappa shape index (κ1) is 11.7. The van der Waals surface area contributed by atoms with Crippen LogP contribution in [-0.4, -0.2) is 9.55 Å². The molecular formula is C14H18FN3. The van der Waals surface area contributed by atoms with Gasteiger partial charge in [-0.1, -0.05) is 6.92 Å². The van der Waals surface area contributed by atoms with Crippen molar-refractivity contribution in [3.63, 3.8) is 0 Å². The number of rotatable bonds is 3. The Labute approximate surface area is 106 Å². The number of imidazole rings is 1. The van der Waals surface area contributed by atoms with Crippen LogP contribution >= 0.6 is 0 Å². The normalized spacial score (nSPS) is 19.1. The van der Waals surface area contributed by atoms with Crippen LogP contribution in [0.4, 0.5) is 4.39 Å². The molecule has 3 rings (SSSR count). The molecular weight excluding hydrogens is 229 g/mol. The predicted octanol–water partition coefficient (Wildman–Crippen LogP) is 3.09. The Bertz CT molecular complexity index is 596. The van der Waals surface area contributed by atoms with Gasteiger partial charge in [-0.15, -0.1) is 0 Å². The molecule has 2 N–H and O–H groups in total. The van der Waals surface area contributed by atoms with Crippen LogP contribution in [0.1, 0.15) is 45.0 Å². The second-order valence-corrected chi connectivity index (χ2v) is 5.44. The molecule has 2 aromatic rings. The number of hydrogen-bond donors (Lipinski definition) is 1. The first-order chi connectivity index (χ1) is 8.53. The molecule has 3 nitrogen and oxygen atoms in total.